The Morgan fingerprint density at radius 2 is 1.83 bits per heavy atom. The molecule has 104 valence electrons. The van der Waals surface area contributed by atoms with Crippen LogP contribution in [0.4, 0.5) is 0 Å². The maximum Gasteiger partial charge on any atom is 0.245 e. The lowest BCUT2D eigenvalue weighted by Gasteiger charge is -2.43. The molecule has 0 spiro atoms. The zero-order valence-electron chi connectivity index (χ0n) is 12.4. The van der Waals surface area contributed by atoms with Crippen molar-refractivity contribution >= 4 is 11.8 Å². The first kappa shape index (κ1) is 15.0. The minimum atomic E-state index is -0.352. The third-order valence-corrected chi connectivity index (χ3v) is 3.19. The van der Waals surface area contributed by atoms with E-state index in [2.05, 4.69) is 26.1 Å². The van der Waals surface area contributed by atoms with Crippen LogP contribution < -0.4 is 5.32 Å². The molecule has 0 aromatic rings. The number of amides is 2. The number of rotatable bonds is 3. The number of nitrogens with one attached hydrogen (secondary N) is 1. The Kier molecular flexibility index (Phi) is 4.41. The van der Waals surface area contributed by atoms with Crippen LogP contribution in [0, 0.1) is 11.3 Å². The summed E-state index contributed by atoms with van der Waals surface area (Å²) in [5.74, 6) is 0.181. The molecule has 1 saturated heterocycles. The zero-order valence-corrected chi connectivity index (χ0v) is 12.4. The fourth-order valence-electron chi connectivity index (χ4n) is 2.42. The van der Waals surface area contributed by atoms with E-state index in [0.29, 0.717) is 13.0 Å². The molecular formula is C14H26N2O2. The Morgan fingerprint density at radius 1 is 1.28 bits per heavy atom. The number of carbonyl (C=O) groups excluding carboxylic acids is 2. The van der Waals surface area contributed by atoms with Crippen molar-refractivity contribution in [1.82, 2.24) is 10.2 Å². The van der Waals surface area contributed by atoms with Crippen molar-refractivity contribution in [3.63, 3.8) is 0 Å². The third kappa shape index (κ3) is 3.24. The van der Waals surface area contributed by atoms with Crippen molar-refractivity contribution in [1.29, 1.82) is 0 Å². The van der Waals surface area contributed by atoms with Crippen molar-refractivity contribution in [2.24, 2.45) is 11.3 Å². The molecule has 1 aliphatic heterocycles. The highest BCUT2D eigenvalue weighted by Gasteiger charge is 2.42. The molecule has 0 aliphatic carbocycles. The molecule has 18 heavy (non-hydrogen) atoms. The Hall–Kier alpha value is -1.06. The van der Waals surface area contributed by atoms with Crippen LogP contribution in [0.15, 0.2) is 0 Å². The number of nitrogens with zero attached hydrogens (tertiary/aromatic N) is 1. The molecular weight excluding hydrogens is 228 g/mol. The quantitative estimate of drug-likeness (QED) is 0.835. The average Bonchev–Trinajstić information content (AvgIpc) is 2.20. The van der Waals surface area contributed by atoms with Gasteiger partial charge in [-0.2, -0.15) is 0 Å². The van der Waals surface area contributed by atoms with Gasteiger partial charge in [0.1, 0.15) is 12.1 Å². The normalized spacial score (nSPS) is 25.6. The molecule has 1 N–H and O–H groups in total. The Balaban J connectivity index is 3.01. The minimum Gasteiger partial charge on any atom is -0.343 e. The summed E-state index contributed by atoms with van der Waals surface area (Å²) in [6.07, 6.45) is 0.649. The second-order valence-corrected chi connectivity index (χ2v) is 6.69. The largest absolute Gasteiger partial charge is 0.343 e. The number of hydrogen-bond acceptors (Lipinski definition) is 2. The second kappa shape index (κ2) is 5.29. The molecule has 1 heterocycles. The summed E-state index contributed by atoms with van der Waals surface area (Å²) in [5.41, 5.74) is -0.00128. The Morgan fingerprint density at radius 3 is 2.22 bits per heavy atom. The molecule has 1 aliphatic rings. The van der Waals surface area contributed by atoms with Gasteiger partial charge in [0.25, 0.3) is 0 Å². The predicted octanol–water partition coefficient (Wildman–Crippen LogP) is 1.79. The molecule has 4 nitrogen and oxygen atoms in total. The van der Waals surface area contributed by atoms with Gasteiger partial charge in [0.15, 0.2) is 0 Å². The van der Waals surface area contributed by atoms with Crippen LogP contribution >= 0.6 is 0 Å². The average molecular weight is 254 g/mol. The van der Waals surface area contributed by atoms with Crippen LogP contribution in [0.1, 0.15) is 48.0 Å². The highest BCUT2D eigenvalue weighted by atomic mass is 16.2. The van der Waals surface area contributed by atoms with Gasteiger partial charge in [0, 0.05) is 6.54 Å². The summed E-state index contributed by atoms with van der Waals surface area (Å²) in [4.78, 5) is 26.3. The summed E-state index contributed by atoms with van der Waals surface area (Å²) in [5, 5.41) is 2.83. The fraction of sp³-hybridized carbons (Fsp3) is 0.857. The first-order valence-electron chi connectivity index (χ1n) is 6.78. The Labute approximate surface area is 110 Å². The molecule has 0 saturated carbocycles. The summed E-state index contributed by atoms with van der Waals surface area (Å²) in [6, 6.07) is -0.686. The van der Waals surface area contributed by atoms with Crippen LogP contribution in [0.5, 0.6) is 0 Å². The van der Waals surface area contributed by atoms with E-state index in [0.717, 1.165) is 0 Å². The molecule has 0 aromatic heterocycles. The number of carbonyl (C=O) groups is 2. The summed E-state index contributed by atoms with van der Waals surface area (Å²) >= 11 is 0. The second-order valence-electron chi connectivity index (χ2n) is 6.69. The van der Waals surface area contributed by atoms with Gasteiger partial charge in [-0.3, -0.25) is 9.59 Å². The van der Waals surface area contributed by atoms with Crippen LogP contribution in [-0.2, 0) is 9.59 Å². The maximum atomic E-state index is 12.4. The fourth-order valence-corrected chi connectivity index (χ4v) is 2.42. The molecule has 2 amide bonds. The van der Waals surface area contributed by atoms with Crippen molar-refractivity contribution in [2.45, 2.75) is 60.0 Å². The van der Waals surface area contributed by atoms with Gasteiger partial charge in [-0.1, -0.05) is 41.5 Å². The van der Waals surface area contributed by atoms with E-state index in [-0.39, 0.29) is 35.2 Å². The minimum absolute atomic E-state index is 0.00128. The SMILES string of the molecule is CCC1NC(=O)C(C(C)C)N(CC(C)(C)C)C1=O. The summed E-state index contributed by atoms with van der Waals surface area (Å²) in [6.45, 7) is 12.8. The lowest BCUT2D eigenvalue weighted by molar-refractivity contribution is -0.152. The maximum absolute atomic E-state index is 12.4. The molecule has 1 fully saturated rings. The summed E-state index contributed by atoms with van der Waals surface area (Å²) in [7, 11) is 0. The smallest absolute Gasteiger partial charge is 0.245 e. The highest BCUT2D eigenvalue weighted by Crippen LogP contribution is 2.24. The lowest BCUT2D eigenvalue weighted by atomic mass is 9.90. The van der Waals surface area contributed by atoms with Gasteiger partial charge in [-0.15, -0.1) is 0 Å². The first-order chi connectivity index (χ1) is 8.17. The molecule has 4 heteroatoms. The van der Waals surface area contributed by atoms with Crippen molar-refractivity contribution in [3.8, 4) is 0 Å². The van der Waals surface area contributed by atoms with Crippen molar-refractivity contribution in [3.05, 3.63) is 0 Å². The van der Waals surface area contributed by atoms with Crippen molar-refractivity contribution in [2.75, 3.05) is 6.54 Å². The number of hydrogen-bond donors (Lipinski definition) is 1. The molecule has 2 unspecified atom stereocenters. The highest BCUT2D eigenvalue weighted by molar-refractivity contribution is 5.97. The molecule has 1 rings (SSSR count). The van der Waals surface area contributed by atoms with E-state index in [9.17, 15) is 9.59 Å². The standard InChI is InChI=1S/C14H26N2O2/c1-7-10-13(18)16(8-14(4,5)6)11(9(2)3)12(17)15-10/h9-11H,7-8H2,1-6H3,(H,15,17). The van der Waals surface area contributed by atoms with Crippen LogP contribution in [0.3, 0.4) is 0 Å². The van der Waals surface area contributed by atoms with Crippen LogP contribution in [0.25, 0.3) is 0 Å². The van der Waals surface area contributed by atoms with Crippen molar-refractivity contribution < 1.29 is 9.59 Å². The predicted molar refractivity (Wildman–Crippen MR) is 72.0 cm³/mol. The van der Waals surface area contributed by atoms with E-state index in [1.54, 1.807) is 4.90 Å². The topological polar surface area (TPSA) is 49.4 Å². The summed E-state index contributed by atoms with van der Waals surface area (Å²) < 4.78 is 0. The van der Waals surface area contributed by atoms with E-state index in [1.807, 2.05) is 20.8 Å². The lowest BCUT2D eigenvalue weighted by Crippen LogP contribution is -2.65. The molecule has 0 aromatic carbocycles. The third-order valence-electron chi connectivity index (χ3n) is 3.19. The van der Waals surface area contributed by atoms with E-state index >= 15 is 0 Å². The zero-order chi connectivity index (χ0) is 14.1. The van der Waals surface area contributed by atoms with Crippen LogP contribution in [-0.4, -0.2) is 35.3 Å². The van der Waals surface area contributed by atoms with Gasteiger partial charge in [0.2, 0.25) is 11.8 Å². The monoisotopic (exact) mass is 254 g/mol. The molecule has 0 radical (unpaired) electrons. The van der Waals surface area contributed by atoms with Gasteiger partial charge in [-0.05, 0) is 17.8 Å². The number of piperazine rings is 1. The molecule has 0 bridgehead atoms. The van der Waals surface area contributed by atoms with Gasteiger partial charge >= 0.3 is 0 Å². The Bertz CT molecular complexity index is 331. The molecule has 2 atom stereocenters. The van der Waals surface area contributed by atoms with E-state index in [1.165, 1.54) is 0 Å². The van der Waals surface area contributed by atoms with Crippen LogP contribution in [0.2, 0.25) is 0 Å². The van der Waals surface area contributed by atoms with E-state index in [4.69, 9.17) is 0 Å². The van der Waals surface area contributed by atoms with E-state index < -0.39 is 0 Å². The first-order valence-corrected chi connectivity index (χ1v) is 6.78. The van der Waals surface area contributed by atoms with Gasteiger partial charge in [-0.25, -0.2) is 0 Å². The van der Waals surface area contributed by atoms with Gasteiger partial charge < -0.3 is 10.2 Å². The van der Waals surface area contributed by atoms with Gasteiger partial charge in [0.05, 0.1) is 0 Å².